The van der Waals surface area contributed by atoms with Crippen LogP contribution in [0.1, 0.15) is 44.9 Å². The van der Waals surface area contributed by atoms with Crippen molar-refractivity contribution in [2.75, 3.05) is 6.61 Å². The normalized spacial score (nSPS) is 25.8. The molecule has 1 fully saturated rings. The second-order valence-electron chi connectivity index (χ2n) is 7.53. The van der Waals surface area contributed by atoms with Crippen molar-refractivity contribution in [1.82, 2.24) is 0 Å². The minimum absolute atomic E-state index is 0.0482. The van der Waals surface area contributed by atoms with Gasteiger partial charge < -0.3 is 25.2 Å². The molecule has 0 amide bonds. The van der Waals surface area contributed by atoms with Crippen molar-refractivity contribution >= 4 is 5.97 Å². The molecule has 1 saturated carbocycles. The van der Waals surface area contributed by atoms with Crippen molar-refractivity contribution in [3.8, 4) is 5.75 Å². The molecule has 5 atom stereocenters. The Morgan fingerprint density at radius 3 is 2.54 bits per heavy atom. The number of hydrogen-bond acceptors (Lipinski definition) is 5. The number of unbranched alkanes of at least 4 members (excludes halogenated alkanes) is 3. The van der Waals surface area contributed by atoms with E-state index in [1.54, 1.807) is 12.2 Å². The van der Waals surface area contributed by atoms with E-state index in [9.17, 15) is 20.1 Å². The van der Waals surface area contributed by atoms with Crippen molar-refractivity contribution in [3.05, 3.63) is 42.5 Å². The van der Waals surface area contributed by atoms with Gasteiger partial charge in [0.05, 0.1) is 12.2 Å². The smallest absolute Gasteiger partial charge is 0.303 e. The molecule has 0 saturated heterocycles. The highest BCUT2D eigenvalue weighted by atomic mass is 16.5. The van der Waals surface area contributed by atoms with E-state index >= 15 is 0 Å². The summed E-state index contributed by atoms with van der Waals surface area (Å²) < 4.78 is 5.52. The van der Waals surface area contributed by atoms with Gasteiger partial charge in [0.2, 0.25) is 0 Å². The van der Waals surface area contributed by atoms with E-state index < -0.39 is 24.3 Å². The molecule has 0 bridgehead atoms. The van der Waals surface area contributed by atoms with E-state index in [0.717, 1.165) is 25.7 Å². The maximum Gasteiger partial charge on any atom is 0.303 e. The van der Waals surface area contributed by atoms with Gasteiger partial charge in [-0.2, -0.15) is 0 Å². The summed E-state index contributed by atoms with van der Waals surface area (Å²) in [6, 6.07) is 9.25. The summed E-state index contributed by atoms with van der Waals surface area (Å²) in [6.45, 7) is 0.125. The summed E-state index contributed by atoms with van der Waals surface area (Å²) in [5.74, 6) is -0.324. The number of ether oxygens (including phenoxy) is 1. The molecule has 1 aliphatic carbocycles. The van der Waals surface area contributed by atoms with E-state index in [4.69, 9.17) is 9.84 Å². The van der Waals surface area contributed by atoms with Gasteiger partial charge in [-0.15, -0.1) is 0 Å². The molecule has 0 aromatic heterocycles. The maximum absolute atomic E-state index is 10.5. The van der Waals surface area contributed by atoms with E-state index in [0.29, 0.717) is 18.6 Å². The average Bonchev–Trinajstić information content (AvgIpc) is 2.94. The highest BCUT2D eigenvalue weighted by Crippen LogP contribution is 2.37. The predicted molar refractivity (Wildman–Crippen MR) is 106 cm³/mol. The Morgan fingerprint density at radius 2 is 1.82 bits per heavy atom. The van der Waals surface area contributed by atoms with Crippen LogP contribution in [0.3, 0.4) is 0 Å². The molecule has 0 aliphatic heterocycles. The fourth-order valence-electron chi connectivity index (χ4n) is 3.80. The van der Waals surface area contributed by atoms with Crippen molar-refractivity contribution in [1.29, 1.82) is 0 Å². The lowest BCUT2D eigenvalue weighted by Crippen LogP contribution is -2.22. The Labute approximate surface area is 166 Å². The first-order chi connectivity index (χ1) is 13.5. The summed E-state index contributed by atoms with van der Waals surface area (Å²) in [7, 11) is 0. The Balaban J connectivity index is 1.76. The zero-order valence-corrected chi connectivity index (χ0v) is 16.2. The molecule has 6 heteroatoms. The van der Waals surface area contributed by atoms with Crippen LogP contribution in [0.2, 0.25) is 0 Å². The summed E-state index contributed by atoms with van der Waals surface area (Å²) in [6.07, 6.45) is 6.10. The molecule has 1 unspecified atom stereocenters. The third-order valence-electron chi connectivity index (χ3n) is 5.31. The van der Waals surface area contributed by atoms with Crippen LogP contribution in [0.5, 0.6) is 5.75 Å². The van der Waals surface area contributed by atoms with Gasteiger partial charge >= 0.3 is 5.97 Å². The minimum Gasteiger partial charge on any atom is -0.491 e. The monoisotopic (exact) mass is 392 g/mol. The molecule has 1 aliphatic rings. The number of carboxylic acids is 1. The first-order valence-corrected chi connectivity index (χ1v) is 10.1. The Kier molecular flexibility index (Phi) is 9.47. The molecule has 2 rings (SSSR count). The number of aliphatic carboxylic acids is 1. The van der Waals surface area contributed by atoms with Gasteiger partial charge in [-0.25, -0.2) is 0 Å². The second kappa shape index (κ2) is 11.8. The van der Waals surface area contributed by atoms with Crippen LogP contribution in [-0.2, 0) is 4.79 Å². The predicted octanol–water partition coefficient (Wildman–Crippen LogP) is 2.77. The van der Waals surface area contributed by atoms with Gasteiger partial charge in [0.1, 0.15) is 18.5 Å². The number of carbonyl (C=O) groups is 1. The lowest BCUT2D eigenvalue weighted by Gasteiger charge is -2.21. The molecular formula is C22H32O6. The van der Waals surface area contributed by atoms with Crippen molar-refractivity contribution in [3.63, 3.8) is 0 Å². The Hall–Kier alpha value is -1.89. The standard InChI is InChI=1S/C22H32O6/c23-16(15-28-17-8-4-3-5-9-17)12-13-19-18(20(24)14-21(19)25)10-6-1-2-7-11-22(26)27/h3-5,8-9,12-13,16,18-21,23-25H,1-2,6-7,10-11,14-15H2,(H,26,27)/b13-12+/t16-,18-,19?,20+,21-/m1/s1. The largest absolute Gasteiger partial charge is 0.491 e. The molecule has 1 aromatic carbocycles. The van der Waals surface area contributed by atoms with E-state index in [1.165, 1.54) is 0 Å². The highest BCUT2D eigenvalue weighted by Gasteiger charge is 2.39. The van der Waals surface area contributed by atoms with E-state index in [2.05, 4.69) is 0 Å². The molecule has 0 radical (unpaired) electrons. The fourth-order valence-corrected chi connectivity index (χ4v) is 3.80. The molecule has 0 spiro atoms. The summed E-state index contributed by atoms with van der Waals surface area (Å²) in [4.78, 5) is 10.5. The molecule has 6 nitrogen and oxygen atoms in total. The van der Waals surface area contributed by atoms with Gasteiger partial charge in [-0.05, 0) is 30.9 Å². The number of carboxylic acid groups (broad SMARTS) is 1. The number of para-hydroxylation sites is 1. The second-order valence-corrected chi connectivity index (χ2v) is 7.53. The Bertz CT molecular complexity index is 602. The summed E-state index contributed by atoms with van der Waals surface area (Å²) >= 11 is 0. The summed E-state index contributed by atoms with van der Waals surface area (Å²) in [5.41, 5.74) is 0. The van der Waals surface area contributed by atoms with Crippen LogP contribution < -0.4 is 4.74 Å². The van der Waals surface area contributed by atoms with Crippen LogP contribution in [0.15, 0.2) is 42.5 Å². The molecule has 1 aromatic rings. The van der Waals surface area contributed by atoms with E-state index in [-0.39, 0.29) is 24.9 Å². The zero-order valence-electron chi connectivity index (χ0n) is 16.2. The van der Waals surface area contributed by atoms with Crippen LogP contribution >= 0.6 is 0 Å². The van der Waals surface area contributed by atoms with Gasteiger partial charge in [-0.1, -0.05) is 49.6 Å². The topological polar surface area (TPSA) is 107 Å². The molecule has 4 N–H and O–H groups in total. The van der Waals surface area contributed by atoms with E-state index in [1.807, 2.05) is 30.3 Å². The first-order valence-electron chi connectivity index (χ1n) is 10.1. The molecule has 156 valence electrons. The number of hydrogen-bond donors (Lipinski definition) is 4. The molecule has 28 heavy (non-hydrogen) atoms. The number of benzene rings is 1. The Morgan fingerprint density at radius 1 is 1.11 bits per heavy atom. The first kappa shape index (κ1) is 22.4. The zero-order chi connectivity index (χ0) is 20.4. The highest BCUT2D eigenvalue weighted by molar-refractivity contribution is 5.66. The SMILES string of the molecule is O=C(O)CCCCCC[C@@H]1C(/C=C/[C@@H](O)COc2ccccc2)[C@H](O)C[C@@H]1O. The third kappa shape index (κ3) is 7.62. The van der Waals surface area contributed by atoms with Crippen LogP contribution in [0.25, 0.3) is 0 Å². The van der Waals surface area contributed by atoms with Crippen LogP contribution in [0, 0.1) is 11.8 Å². The van der Waals surface area contributed by atoms with Gasteiger partial charge in [0.25, 0.3) is 0 Å². The lowest BCUT2D eigenvalue weighted by molar-refractivity contribution is -0.137. The van der Waals surface area contributed by atoms with Gasteiger partial charge in [0.15, 0.2) is 0 Å². The van der Waals surface area contributed by atoms with Gasteiger partial charge in [-0.3, -0.25) is 4.79 Å². The minimum atomic E-state index is -0.790. The molecule has 0 heterocycles. The van der Waals surface area contributed by atoms with Gasteiger partial charge in [0, 0.05) is 18.8 Å². The average molecular weight is 392 g/mol. The lowest BCUT2D eigenvalue weighted by atomic mass is 9.88. The number of rotatable bonds is 12. The van der Waals surface area contributed by atoms with Crippen molar-refractivity contribution in [2.45, 2.75) is 63.3 Å². The van der Waals surface area contributed by atoms with Crippen LogP contribution in [-0.4, -0.2) is 51.3 Å². The quantitative estimate of drug-likeness (QED) is 0.322. The number of aliphatic hydroxyl groups is 3. The number of aliphatic hydroxyl groups excluding tert-OH is 3. The third-order valence-corrected chi connectivity index (χ3v) is 5.31. The maximum atomic E-state index is 10.5. The van der Waals surface area contributed by atoms with Crippen LogP contribution in [0.4, 0.5) is 0 Å². The van der Waals surface area contributed by atoms with Crippen molar-refractivity contribution in [2.24, 2.45) is 11.8 Å². The molecular weight excluding hydrogens is 360 g/mol. The van der Waals surface area contributed by atoms with Crippen molar-refractivity contribution < 1.29 is 30.0 Å². The fraction of sp³-hybridized carbons (Fsp3) is 0.591. The summed E-state index contributed by atoms with van der Waals surface area (Å²) in [5, 5.41) is 39.3.